The zero-order valence-electron chi connectivity index (χ0n) is 20.7. The molecule has 0 radical (unpaired) electrons. The van der Waals surface area contributed by atoms with Gasteiger partial charge in [-0.15, -0.1) is 0 Å². The van der Waals surface area contributed by atoms with E-state index in [-0.39, 0.29) is 5.91 Å². The Morgan fingerprint density at radius 2 is 1.81 bits per heavy atom. The standard InChI is InChI=1S/C25H26ClN9O2/c1-17-13-18(5-6-21(17)37-19-7-11-34-22(14-19)27-15-29-34)31-24-23-20(8-12-35(23)30-16-28-24)25(36)33(26)10-4-9-32(2)3/h5-8,11-16H,4,9-10H2,1-3H3,(H,28,30,31). The number of aromatic nitrogens is 6. The van der Waals surface area contributed by atoms with E-state index in [9.17, 15) is 4.79 Å². The van der Waals surface area contributed by atoms with Crippen molar-refractivity contribution < 1.29 is 9.53 Å². The summed E-state index contributed by atoms with van der Waals surface area (Å²) in [7, 11) is 3.96. The number of ether oxygens (including phenoxy) is 1. The molecular formula is C25H26ClN9O2. The third-order valence-corrected chi connectivity index (χ3v) is 6.10. The Hall–Kier alpha value is -4.22. The quantitative estimate of drug-likeness (QED) is 0.289. The van der Waals surface area contributed by atoms with E-state index in [0.717, 1.165) is 24.2 Å². The lowest BCUT2D eigenvalue weighted by atomic mass is 10.2. The average molecular weight is 520 g/mol. The fourth-order valence-electron chi connectivity index (χ4n) is 3.94. The van der Waals surface area contributed by atoms with Crippen LogP contribution in [0.1, 0.15) is 22.3 Å². The maximum atomic E-state index is 13.1. The minimum Gasteiger partial charge on any atom is -0.457 e. The maximum absolute atomic E-state index is 13.1. The van der Waals surface area contributed by atoms with Crippen LogP contribution in [0.15, 0.2) is 61.4 Å². The van der Waals surface area contributed by atoms with Crippen molar-refractivity contribution in [2.24, 2.45) is 0 Å². The zero-order valence-corrected chi connectivity index (χ0v) is 21.4. The molecule has 0 fully saturated rings. The molecule has 0 spiro atoms. The molecule has 1 amide bonds. The van der Waals surface area contributed by atoms with Crippen molar-refractivity contribution in [3.8, 4) is 11.5 Å². The highest BCUT2D eigenvalue weighted by Gasteiger charge is 2.21. The molecule has 1 aromatic carbocycles. The fraction of sp³-hybridized carbons (Fsp3) is 0.240. The van der Waals surface area contributed by atoms with Gasteiger partial charge < -0.3 is 15.0 Å². The third-order valence-electron chi connectivity index (χ3n) is 5.78. The van der Waals surface area contributed by atoms with Crippen molar-refractivity contribution in [3.05, 3.63) is 72.6 Å². The van der Waals surface area contributed by atoms with Gasteiger partial charge in [0.15, 0.2) is 11.5 Å². The number of nitrogens with zero attached hydrogens (tertiary/aromatic N) is 8. The van der Waals surface area contributed by atoms with E-state index in [0.29, 0.717) is 40.6 Å². The van der Waals surface area contributed by atoms with Gasteiger partial charge in [-0.25, -0.2) is 19.0 Å². The highest BCUT2D eigenvalue weighted by atomic mass is 35.5. The molecule has 11 nitrogen and oxygen atoms in total. The number of hydrogen-bond donors (Lipinski definition) is 1. The van der Waals surface area contributed by atoms with Crippen molar-refractivity contribution in [1.82, 2.24) is 38.5 Å². The number of carbonyl (C=O) groups is 1. The van der Waals surface area contributed by atoms with Crippen LogP contribution in [-0.2, 0) is 0 Å². The molecule has 1 N–H and O–H groups in total. The van der Waals surface area contributed by atoms with Gasteiger partial charge in [-0.1, -0.05) is 0 Å². The van der Waals surface area contributed by atoms with Crippen molar-refractivity contribution >= 4 is 40.4 Å². The average Bonchev–Trinajstić information content (AvgIpc) is 3.52. The van der Waals surface area contributed by atoms with E-state index in [1.807, 2.05) is 56.3 Å². The van der Waals surface area contributed by atoms with Crippen LogP contribution >= 0.6 is 11.8 Å². The van der Waals surface area contributed by atoms with Crippen LogP contribution in [0.5, 0.6) is 11.5 Å². The second-order valence-electron chi connectivity index (χ2n) is 8.81. The minimum absolute atomic E-state index is 0.301. The molecule has 5 aromatic rings. The summed E-state index contributed by atoms with van der Waals surface area (Å²) >= 11 is 6.32. The van der Waals surface area contributed by atoms with E-state index in [4.69, 9.17) is 16.5 Å². The van der Waals surface area contributed by atoms with Gasteiger partial charge in [0, 0.05) is 42.5 Å². The molecule has 5 rings (SSSR count). The molecule has 0 saturated carbocycles. The first kappa shape index (κ1) is 24.5. The SMILES string of the molecule is Cc1cc(Nc2ncnn3ccc(C(=O)N(Cl)CCCN(C)C)c23)ccc1Oc1ccn2ncnc2c1. The summed E-state index contributed by atoms with van der Waals surface area (Å²) in [5, 5.41) is 11.6. The molecule has 0 atom stereocenters. The molecule has 37 heavy (non-hydrogen) atoms. The Labute approximate surface area is 218 Å². The Morgan fingerprint density at radius 3 is 2.62 bits per heavy atom. The number of rotatable bonds is 9. The summed E-state index contributed by atoms with van der Waals surface area (Å²) in [6.45, 7) is 3.21. The summed E-state index contributed by atoms with van der Waals surface area (Å²) in [4.78, 5) is 23.7. The molecule has 0 aliphatic heterocycles. The van der Waals surface area contributed by atoms with E-state index < -0.39 is 0 Å². The van der Waals surface area contributed by atoms with Gasteiger partial charge in [0.2, 0.25) is 0 Å². The summed E-state index contributed by atoms with van der Waals surface area (Å²) in [6.07, 6.45) is 7.20. The summed E-state index contributed by atoms with van der Waals surface area (Å²) in [5.41, 5.74) is 3.36. The van der Waals surface area contributed by atoms with E-state index in [2.05, 4.69) is 25.5 Å². The molecule has 4 aromatic heterocycles. The van der Waals surface area contributed by atoms with Crippen molar-refractivity contribution in [2.75, 3.05) is 32.5 Å². The molecule has 0 saturated heterocycles. The number of fused-ring (bicyclic) bond motifs is 2. The van der Waals surface area contributed by atoms with E-state index >= 15 is 0 Å². The number of carbonyl (C=O) groups excluding carboxylic acids is 1. The predicted octanol–water partition coefficient (Wildman–Crippen LogP) is 4.16. The Balaban J connectivity index is 1.35. The molecule has 0 bridgehead atoms. The molecule has 12 heteroatoms. The van der Waals surface area contributed by atoms with Crippen LogP contribution in [0, 0.1) is 6.92 Å². The monoisotopic (exact) mass is 519 g/mol. The molecular weight excluding hydrogens is 494 g/mol. The van der Waals surface area contributed by atoms with E-state index in [1.54, 1.807) is 27.5 Å². The number of aryl methyl sites for hydroxylation is 1. The highest BCUT2D eigenvalue weighted by Crippen LogP contribution is 2.30. The first-order valence-corrected chi connectivity index (χ1v) is 12.0. The molecule has 0 aliphatic rings. The second-order valence-corrected chi connectivity index (χ2v) is 9.22. The summed E-state index contributed by atoms with van der Waals surface area (Å²) in [5.74, 6) is 1.56. The molecule has 4 heterocycles. The Morgan fingerprint density at radius 1 is 1.03 bits per heavy atom. The van der Waals surface area contributed by atoms with Crippen LogP contribution in [0.2, 0.25) is 0 Å². The number of amides is 1. The van der Waals surface area contributed by atoms with E-state index in [1.165, 1.54) is 17.1 Å². The molecule has 0 unspecified atom stereocenters. The van der Waals surface area contributed by atoms with Crippen LogP contribution in [0.25, 0.3) is 11.2 Å². The number of pyridine rings is 1. The van der Waals surface area contributed by atoms with Gasteiger partial charge in [0.05, 0.1) is 5.56 Å². The van der Waals surface area contributed by atoms with Gasteiger partial charge in [-0.05, 0) is 69.9 Å². The van der Waals surface area contributed by atoms with Gasteiger partial charge in [-0.2, -0.15) is 10.2 Å². The summed E-state index contributed by atoms with van der Waals surface area (Å²) in [6, 6.07) is 11.1. The van der Waals surface area contributed by atoms with Crippen molar-refractivity contribution in [2.45, 2.75) is 13.3 Å². The lowest BCUT2D eigenvalue weighted by Gasteiger charge is -2.16. The fourth-order valence-corrected chi connectivity index (χ4v) is 4.15. The van der Waals surface area contributed by atoms with Gasteiger partial charge in [0.25, 0.3) is 5.91 Å². The second kappa shape index (κ2) is 10.4. The topological polar surface area (TPSA) is 105 Å². The molecule has 0 aliphatic carbocycles. The first-order chi connectivity index (χ1) is 17.9. The first-order valence-electron chi connectivity index (χ1n) is 11.7. The maximum Gasteiger partial charge on any atom is 0.270 e. The van der Waals surface area contributed by atoms with Crippen LogP contribution in [-0.4, -0.2) is 71.6 Å². The van der Waals surface area contributed by atoms with Crippen molar-refractivity contribution in [1.29, 1.82) is 0 Å². The number of halogens is 1. The van der Waals surface area contributed by atoms with Crippen LogP contribution in [0.4, 0.5) is 11.5 Å². The number of benzene rings is 1. The Kier molecular flexibility index (Phi) is 6.89. The van der Waals surface area contributed by atoms with Gasteiger partial charge >= 0.3 is 0 Å². The predicted molar refractivity (Wildman–Crippen MR) is 141 cm³/mol. The lowest BCUT2D eigenvalue weighted by molar-refractivity contribution is 0.0862. The smallest absolute Gasteiger partial charge is 0.270 e. The largest absolute Gasteiger partial charge is 0.457 e. The normalized spacial score (nSPS) is 11.4. The van der Waals surface area contributed by atoms with Gasteiger partial charge in [-0.3, -0.25) is 9.21 Å². The number of anilines is 2. The molecule has 190 valence electrons. The van der Waals surface area contributed by atoms with Crippen molar-refractivity contribution in [3.63, 3.8) is 0 Å². The van der Waals surface area contributed by atoms with Crippen LogP contribution < -0.4 is 10.1 Å². The number of hydrogen-bond acceptors (Lipinski definition) is 8. The minimum atomic E-state index is -0.301. The number of nitrogens with one attached hydrogen (secondary N) is 1. The lowest BCUT2D eigenvalue weighted by Crippen LogP contribution is -2.25. The van der Waals surface area contributed by atoms with Crippen LogP contribution in [0.3, 0.4) is 0 Å². The Bertz CT molecular complexity index is 1560. The van der Waals surface area contributed by atoms with Gasteiger partial charge in [0.1, 0.15) is 29.7 Å². The summed E-state index contributed by atoms with van der Waals surface area (Å²) < 4.78 is 10.6. The zero-order chi connectivity index (χ0) is 25.9. The highest BCUT2D eigenvalue weighted by molar-refractivity contribution is 6.25. The third kappa shape index (κ3) is 5.32.